The van der Waals surface area contributed by atoms with Crippen molar-refractivity contribution >= 4 is 16.6 Å². The lowest BCUT2D eigenvalue weighted by Gasteiger charge is -2.16. The second kappa shape index (κ2) is 4.36. The SMILES string of the molecule is CCc1cccc2c(N)c(C(C)C)c(C)nc12. The average Bonchev–Trinajstić information content (AvgIpc) is 2.28. The molecule has 2 heteroatoms. The topological polar surface area (TPSA) is 38.9 Å². The van der Waals surface area contributed by atoms with Crippen molar-refractivity contribution in [1.82, 2.24) is 4.98 Å². The Bertz CT molecular complexity index is 556. The summed E-state index contributed by atoms with van der Waals surface area (Å²) in [5.74, 6) is 0.414. The standard InChI is InChI=1S/C15H20N2/c1-5-11-7-6-8-12-14(16)13(9(2)3)10(4)17-15(11)12/h6-9H,5H2,1-4H3,(H2,16,17). The molecule has 1 aromatic carbocycles. The van der Waals surface area contributed by atoms with Gasteiger partial charge >= 0.3 is 0 Å². The number of nitrogens with zero attached hydrogens (tertiary/aromatic N) is 1. The van der Waals surface area contributed by atoms with Crippen LogP contribution in [0.15, 0.2) is 18.2 Å². The van der Waals surface area contributed by atoms with Gasteiger partial charge in [0.05, 0.1) is 5.52 Å². The van der Waals surface area contributed by atoms with Crippen LogP contribution >= 0.6 is 0 Å². The predicted octanol–water partition coefficient (Wildman–Crippen LogP) is 3.81. The van der Waals surface area contributed by atoms with Gasteiger partial charge in [0.1, 0.15) is 0 Å². The normalized spacial score (nSPS) is 11.4. The van der Waals surface area contributed by atoms with Gasteiger partial charge in [-0.2, -0.15) is 0 Å². The van der Waals surface area contributed by atoms with Gasteiger partial charge in [0.25, 0.3) is 0 Å². The quantitative estimate of drug-likeness (QED) is 0.848. The van der Waals surface area contributed by atoms with Crippen molar-refractivity contribution in [2.24, 2.45) is 0 Å². The number of nitrogen functional groups attached to an aromatic ring is 1. The summed E-state index contributed by atoms with van der Waals surface area (Å²) in [4.78, 5) is 4.75. The molecule has 0 atom stereocenters. The van der Waals surface area contributed by atoms with Crippen LogP contribution in [0, 0.1) is 6.92 Å². The lowest BCUT2D eigenvalue weighted by Crippen LogP contribution is -2.04. The molecule has 0 aliphatic heterocycles. The summed E-state index contributed by atoms with van der Waals surface area (Å²) in [7, 11) is 0. The molecule has 0 bridgehead atoms. The number of aryl methyl sites for hydroxylation is 2. The number of hydrogen-bond donors (Lipinski definition) is 1. The first-order valence-electron chi connectivity index (χ1n) is 6.23. The number of pyridine rings is 1. The van der Waals surface area contributed by atoms with Gasteiger partial charge in [-0.25, -0.2) is 0 Å². The summed E-state index contributed by atoms with van der Waals surface area (Å²) < 4.78 is 0. The average molecular weight is 228 g/mol. The lowest BCUT2D eigenvalue weighted by atomic mass is 9.95. The molecule has 2 N–H and O–H groups in total. The van der Waals surface area contributed by atoms with E-state index in [0.29, 0.717) is 5.92 Å². The Morgan fingerprint density at radius 3 is 2.59 bits per heavy atom. The van der Waals surface area contributed by atoms with Crippen LogP contribution < -0.4 is 5.73 Å². The van der Waals surface area contributed by atoms with E-state index < -0.39 is 0 Å². The molecule has 90 valence electrons. The number of para-hydroxylation sites is 1. The van der Waals surface area contributed by atoms with E-state index in [-0.39, 0.29) is 0 Å². The van der Waals surface area contributed by atoms with Crippen LogP contribution in [-0.4, -0.2) is 4.98 Å². The Morgan fingerprint density at radius 2 is 2.00 bits per heavy atom. The Balaban J connectivity index is 2.85. The summed E-state index contributed by atoms with van der Waals surface area (Å²) in [6, 6.07) is 6.27. The number of rotatable bonds is 2. The first-order chi connectivity index (χ1) is 8.06. The molecule has 2 nitrogen and oxygen atoms in total. The van der Waals surface area contributed by atoms with Crippen LogP contribution in [0.4, 0.5) is 5.69 Å². The zero-order valence-electron chi connectivity index (χ0n) is 11.0. The van der Waals surface area contributed by atoms with Crippen LogP contribution in [-0.2, 0) is 6.42 Å². The first-order valence-corrected chi connectivity index (χ1v) is 6.23. The van der Waals surface area contributed by atoms with Crippen LogP contribution in [0.25, 0.3) is 10.9 Å². The summed E-state index contributed by atoms with van der Waals surface area (Å²) in [6.45, 7) is 8.53. The van der Waals surface area contributed by atoms with Crippen molar-refractivity contribution in [1.29, 1.82) is 0 Å². The molecule has 2 aromatic rings. The van der Waals surface area contributed by atoms with Crippen LogP contribution in [0.5, 0.6) is 0 Å². The van der Waals surface area contributed by atoms with Crippen LogP contribution in [0.1, 0.15) is 43.5 Å². The third-order valence-electron chi connectivity index (χ3n) is 3.33. The maximum Gasteiger partial charge on any atom is 0.0757 e. The molecule has 1 aromatic heterocycles. The van der Waals surface area contributed by atoms with Gasteiger partial charge in [-0.1, -0.05) is 39.0 Å². The fourth-order valence-electron chi connectivity index (χ4n) is 2.52. The Hall–Kier alpha value is -1.57. The molecule has 0 saturated carbocycles. The zero-order chi connectivity index (χ0) is 12.6. The smallest absolute Gasteiger partial charge is 0.0757 e. The molecule has 0 aliphatic carbocycles. The Morgan fingerprint density at radius 1 is 1.29 bits per heavy atom. The number of aromatic nitrogens is 1. The second-order valence-corrected chi connectivity index (χ2v) is 4.85. The molecule has 0 amide bonds. The highest BCUT2D eigenvalue weighted by Crippen LogP contribution is 2.32. The van der Waals surface area contributed by atoms with Crippen molar-refractivity contribution in [3.63, 3.8) is 0 Å². The zero-order valence-corrected chi connectivity index (χ0v) is 11.0. The Kier molecular flexibility index (Phi) is 3.05. The molecule has 0 radical (unpaired) electrons. The van der Waals surface area contributed by atoms with Gasteiger partial charge in [0.15, 0.2) is 0 Å². The molecule has 1 heterocycles. The van der Waals surface area contributed by atoms with E-state index >= 15 is 0 Å². The molecule has 0 unspecified atom stereocenters. The summed E-state index contributed by atoms with van der Waals surface area (Å²) in [5.41, 5.74) is 11.8. The molecule has 0 spiro atoms. The maximum absolute atomic E-state index is 6.30. The molecular formula is C15H20N2. The van der Waals surface area contributed by atoms with Crippen molar-refractivity contribution < 1.29 is 0 Å². The molecule has 0 saturated heterocycles. The number of fused-ring (bicyclic) bond motifs is 1. The highest BCUT2D eigenvalue weighted by molar-refractivity contribution is 5.94. The predicted molar refractivity (Wildman–Crippen MR) is 74.4 cm³/mol. The fourth-order valence-corrected chi connectivity index (χ4v) is 2.52. The third kappa shape index (κ3) is 1.88. The van der Waals surface area contributed by atoms with E-state index in [9.17, 15) is 0 Å². The van der Waals surface area contributed by atoms with Gasteiger partial charge in [0.2, 0.25) is 0 Å². The number of benzene rings is 1. The van der Waals surface area contributed by atoms with Gasteiger partial charge in [-0.05, 0) is 30.4 Å². The van der Waals surface area contributed by atoms with E-state index in [4.69, 9.17) is 10.7 Å². The number of anilines is 1. The monoisotopic (exact) mass is 228 g/mol. The second-order valence-electron chi connectivity index (χ2n) is 4.85. The van der Waals surface area contributed by atoms with Crippen molar-refractivity contribution in [3.8, 4) is 0 Å². The summed E-state index contributed by atoms with van der Waals surface area (Å²) in [6.07, 6.45) is 0.990. The maximum atomic E-state index is 6.30. The van der Waals surface area contributed by atoms with Gasteiger partial charge in [-0.3, -0.25) is 4.98 Å². The van der Waals surface area contributed by atoms with E-state index in [1.54, 1.807) is 0 Å². The summed E-state index contributed by atoms with van der Waals surface area (Å²) >= 11 is 0. The number of hydrogen-bond acceptors (Lipinski definition) is 2. The molecule has 2 rings (SSSR count). The highest BCUT2D eigenvalue weighted by Gasteiger charge is 2.14. The molecule has 0 fully saturated rings. The van der Waals surface area contributed by atoms with E-state index in [0.717, 1.165) is 28.7 Å². The van der Waals surface area contributed by atoms with E-state index in [2.05, 4.69) is 45.9 Å². The minimum absolute atomic E-state index is 0.414. The largest absolute Gasteiger partial charge is 0.398 e. The van der Waals surface area contributed by atoms with Crippen LogP contribution in [0.2, 0.25) is 0 Å². The van der Waals surface area contributed by atoms with Crippen LogP contribution in [0.3, 0.4) is 0 Å². The molecule has 17 heavy (non-hydrogen) atoms. The first kappa shape index (κ1) is 11.9. The Labute approximate surface area is 103 Å². The van der Waals surface area contributed by atoms with Crippen molar-refractivity contribution in [3.05, 3.63) is 35.0 Å². The minimum atomic E-state index is 0.414. The fraction of sp³-hybridized carbons (Fsp3) is 0.400. The van der Waals surface area contributed by atoms with Crippen molar-refractivity contribution in [2.75, 3.05) is 5.73 Å². The van der Waals surface area contributed by atoms with Gasteiger partial charge in [-0.15, -0.1) is 0 Å². The minimum Gasteiger partial charge on any atom is -0.398 e. The van der Waals surface area contributed by atoms with Crippen molar-refractivity contribution in [2.45, 2.75) is 40.0 Å². The van der Waals surface area contributed by atoms with E-state index in [1.807, 2.05) is 0 Å². The number of nitrogens with two attached hydrogens (primary N) is 1. The lowest BCUT2D eigenvalue weighted by molar-refractivity contribution is 0.851. The van der Waals surface area contributed by atoms with Gasteiger partial charge < -0.3 is 5.73 Å². The molecular weight excluding hydrogens is 208 g/mol. The van der Waals surface area contributed by atoms with Gasteiger partial charge in [0, 0.05) is 16.8 Å². The molecule has 0 aliphatic rings. The third-order valence-corrected chi connectivity index (χ3v) is 3.33. The van der Waals surface area contributed by atoms with E-state index in [1.165, 1.54) is 11.1 Å². The highest BCUT2D eigenvalue weighted by atomic mass is 14.7. The summed E-state index contributed by atoms with van der Waals surface area (Å²) in [5, 5.41) is 1.10.